The van der Waals surface area contributed by atoms with Crippen molar-refractivity contribution in [1.29, 1.82) is 0 Å². The number of rotatable bonds is 7. The summed E-state index contributed by atoms with van der Waals surface area (Å²) in [5.41, 5.74) is 0.993. The molecule has 0 heterocycles. The van der Waals surface area contributed by atoms with Gasteiger partial charge in [-0.3, -0.25) is 0 Å². The molecule has 1 nitrogen and oxygen atoms in total. The first-order valence-corrected chi connectivity index (χ1v) is 6.68. The summed E-state index contributed by atoms with van der Waals surface area (Å²) in [5.74, 6) is 0. The molecule has 1 saturated carbocycles. The zero-order valence-corrected chi connectivity index (χ0v) is 11.3. The molecule has 0 aromatic rings. The molecule has 1 rings (SSSR count). The Morgan fingerprint density at radius 3 is 1.87 bits per heavy atom. The largest absolute Gasteiger partial charge is 0.313 e. The van der Waals surface area contributed by atoms with Gasteiger partial charge in [0.25, 0.3) is 0 Å². The van der Waals surface area contributed by atoms with E-state index in [-0.39, 0.29) is 0 Å². The maximum atomic E-state index is 3.71. The van der Waals surface area contributed by atoms with Gasteiger partial charge in [-0.2, -0.15) is 0 Å². The first-order chi connectivity index (χ1) is 6.94. The van der Waals surface area contributed by atoms with Crippen LogP contribution in [0.4, 0.5) is 0 Å². The Labute approximate surface area is 96.0 Å². The second-order valence-corrected chi connectivity index (χ2v) is 6.24. The highest BCUT2D eigenvalue weighted by Crippen LogP contribution is 2.62. The lowest BCUT2D eigenvalue weighted by atomic mass is 10.0. The van der Waals surface area contributed by atoms with Crippen LogP contribution < -0.4 is 5.32 Å². The average molecular weight is 211 g/mol. The van der Waals surface area contributed by atoms with E-state index in [1.165, 1.54) is 38.6 Å². The molecule has 0 saturated heterocycles. The van der Waals surface area contributed by atoms with Gasteiger partial charge in [-0.25, -0.2) is 0 Å². The van der Waals surface area contributed by atoms with E-state index in [4.69, 9.17) is 0 Å². The van der Waals surface area contributed by atoms with Crippen molar-refractivity contribution in [1.82, 2.24) is 5.32 Å². The molecule has 0 aromatic heterocycles. The summed E-state index contributed by atoms with van der Waals surface area (Å²) in [4.78, 5) is 0. The minimum atomic E-state index is 0.496. The van der Waals surface area contributed by atoms with Crippen LogP contribution in [0.25, 0.3) is 0 Å². The molecule has 1 aliphatic carbocycles. The van der Waals surface area contributed by atoms with Gasteiger partial charge >= 0.3 is 0 Å². The molecule has 1 N–H and O–H groups in total. The number of hydrogen-bond donors (Lipinski definition) is 1. The maximum absolute atomic E-state index is 3.71. The summed E-state index contributed by atoms with van der Waals surface area (Å²) in [6.07, 6.45) is 6.91. The SMILES string of the molecule is CCCCCCCNC1C(C)(C)C1(C)C. The minimum Gasteiger partial charge on any atom is -0.313 e. The Hall–Kier alpha value is -0.0400. The predicted octanol–water partition coefficient (Wildman–Crippen LogP) is 3.98. The minimum absolute atomic E-state index is 0.496. The summed E-state index contributed by atoms with van der Waals surface area (Å²) in [5, 5.41) is 3.71. The van der Waals surface area contributed by atoms with Crippen LogP contribution in [0.15, 0.2) is 0 Å². The molecule has 0 atom stereocenters. The lowest BCUT2D eigenvalue weighted by Crippen LogP contribution is -2.23. The fourth-order valence-electron chi connectivity index (χ4n) is 2.68. The van der Waals surface area contributed by atoms with Crippen molar-refractivity contribution < 1.29 is 0 Å². The third-order valence-corrected chi connectivity index (χ3v) is 4.65. The molecular weight excluding hydrogens is 182 g/mol. The second kappa shape index (κ2) is 4.86. The van der Waals surface area contributed by atoms with Crippen molar-refractivity contribution in [3.63, 3.8) is 0 Å². The van der Waals surface area contributed by atoms with Gasteiger partial charge < -0.3 is 5.32 Å². The highest BCUT2D eigenvalue weighted by Gasteiger charge is 2.64. The zero-order valence-electron chi connectivity index (χ0n) is 11.3. The van der Waals surface area contributed by atoms with Crippen molar-refractivity contribution in [2.24, 2.45) is 10.8 Å². The van der Waals surface area contributed by atoms with Crippen LogP contribution in [-0.2, 0) is 0 Å². The van der Waals surface area contributed by atoms with E-state index in [1.807, 2.05) is 0 Å². The Bertz CT molecular complexity index is 180. The fraction of sp³-hybridized carbons (Fsp3) is 1.00. The molecule has 0 bridgehead atoms. The fourth-order valence-corrected chi connectivity index (χ4v) is 2.68. The third-order valence-electron chi connectivity index (χ3n) is 4.65. The molecule has 1 fully saturated rings. The lowest BCUT2D eigenvalue weighted by Gasteiger charge is -2.05. The molecule has 1 aliphatic rings. The van der Waals surface area contributed by atoms with Gasteiger partial charge in [-0.1, -0.05) is 60.3 Å². The van der Waals surface area contributed by atoms with E-state index < -0.39 is 0 Å². The van der Waals surface area contributed by atoms with Gasteiger partial charge in [-0.15, -0.1) is 0 Å². The predicted molar refractivity (Wildman–Crippen MR) is 68.1 cm³/mol. The standard InChI is InChI=1S/C14H29N/c1-6-7-8-9-10-11-15-12-13(2,3)14(12,4)5/h12,15H,6-11H2,1-5H3. The van der Waals surface area contributed by atoms with Crippen molar-refractivity contribution in [3.05, 3.63) is 0 Å². The average Bonchev–Trinajstić information content (AvgIpc) is 2.52. The molecule has 0 unspecified atom stereocenters. The number of hydrogen-bond acceptors (Lipinski definition) is 1. The first-order valence-electron chi connectivity index (χ1n) is 6.68. The summed E-state index contributed by atoms with van der Waals surface area (Å²) in [6, 6.07) is 0.733. The smallest absolute Gasteiger partial charge is 0.0181 e. The van der Waals surface area contributed by atoms with Gasteiger partial charge in [-0.05, 0) is 23.8 Å². The van der Waals surface area contributed by atoms with E-state index in [0.717, 1.165) is 6.04 Å². The van der Waals surface area contributed by atoms with Crippen LogP contribution in [0.2, 0.25) is 0 Å². The Morgan fingerprint density at radius 1 is 0.867 bits per heavy atom. The molecule has 0 spiro atoms. The Morgan fingerprint density at radius 2 is 1.40 bits per heavy atom. The van der Waals surface area contributed by atoms with Crippen molar-refractivity contribution in [3.8, 4) is 0 Å². The first kappa shape index (κ1) is 13.0. The summed E-state index contributed by atoms with van der Waals surface area (Å²) >= 11 is 0. The molecule has 90 valence electrons. The molecule has 1 heteroatoms. The summed E-state index contributed by atoms with van der Waals surface area (Å²) in [7, 11) is 0. The number of nitrogens with one attached hydrogen (secondary N) is 1. The van der Waals surface area contributed by atoms with Gasteiger partial charge in [0.05, 0.1) is 0 Å². The zero-order chi connectivity index (χ0) is 11.5. The molecule has 0 amide bonds. The van der Waals surface area contributed by atoms with Gasteiger partial charge in [0, 0.05) is 6.04 Å². The van der Waals surface area contributed by atoms with Gasteiger partial charge in [0.2, 0.25) is 0 Å². The second-order valence-electron chi connectivity index (χ2n) is 6.24. The maximum Gasteiger partial charge on any atom is 0.0181 e. The van der Waals surface area contributed by atoms with Crippen LogP contribution in [-0.4, -0.2) is 12.6 Å². The lowest BCUT2D eigenvalue weighted by molar-refractivity contribution is 0.457. The van der Waals surface area contributed by atoms with Gasteiger partial charge in [0.1, 0.15) is 0 Å². The van der Waals surface area contributed by atoms with Crippen LogP contribution in [0.1, 0.15) is 66.7 Å². The van der Waals surface area contributed by atoms with Crippen molar-refractivity contribution >= 4 is 0 Å². The van der Waals surface area contributed by atoms with Crippen LogP contribution in [0.3, 0.4) is 0 Å². The molecular formula is C14H29N. The Kier molecular flexibility index (Phi) is 4.22. The topological polar surface area (TPSA) is 12.0 Å². The van der Waals surface area contributed by atoms with E-state index >= 15 is 0 Å². The van der Waals surface area contributed by atoms with Crippen molar-refractivity contribution in [2.75, 3.05) is 6.54 Å². The van der Waals surface area contributed by atoms with E-state index in [0.29, 0.717) is 10.8 Å². The quantitative estimate of drug-likeness (QED) is 0.628. The highest BCUT2D eigenvalue weighted by molar-refractivity contribution is 5.17. The van der Waals surface area contributed by atoms with E-state index in [1.54, 1.807) is 0 Å². The molecule has 0 aliphatic heterocycles. The normalized spacial score (nSPS) is 23.0. The van der Waals surface area contributed by atoms with Crippen LogP contribution >= 0.6 is 0 Å². The third kappa shape index (κ3) is 2.75. The monoisotopic (exact) mass is 211 g/mol. The molecule has 0 aromatic carbocycles. The van der Waals surface area contributed by atoms with E-state index in [2.05, 4.69) is 39.9 Å². The van der Waals surface area contributed by atoms with Crippen molar-refractivity contribution in [2.45, 2.75) is 72.8 Å². The van der Waals surface area contributed by atoms with Gasteiger partial charge in [0.15, 0.2) is 0 Å². The van der Waals surface area contributed by atoms with E-state index in [9.17, 15) is 0 Å². The summed E-state index contributed by atoms with van der Waals surface area (Å²) in [6.45, 7) is 13.0. The number of unbranched alkanes of at least 4 members (excludes halogenated alkanes) is 4. The van der Waals surface area contributed by atoms with Crippen LogP contribution in [0, 0.1) is 10.8 Å². The molecule has 0 radical (unpaired) electrons. The Balaban J connectivity index is 2.03. The summed E-state index contributed by atoms with van der Waals surface area (Å²) < 4.78 is 0. The highest BCUT2D eigenvalue weighted by atomic mass is 15.0. The molecule has 15 heavy (non-hydrogen) atoms. The van der Waals surface area contributed by atoms with Crippen LogP contribution in [0.5, 0.6) is 0 Å².